The lowest BCUT2D eigenvalue weighted by Gasteiger charge is -2.04. The van der Waals surface area contributed by atoms with Gasteiger partial charge >= 0.3 is 0 Å². The molecule has 0 saturated heterocycles. The van der Waals surface area contributed by atoms with E-state index >= 15 is 0 Å². The maximum atomic E-state index is 9.14. The van der Waals surface area contributed by atoms with Crippen LogP contribution in [0.25, 0.3) is 0 Å². The molecule has 0 aliphatic rings. The highest BCUT2D eigenvalue weighted by Crippen LogP contribution is 2.29. The van der Waals surface area contributed by atoms with Crippen LogP contribution in [0.3, 0.4) is 0 Å². The molecule has 10 heavy (non-hydrogen) atoms. The van der Waals surface area contributed by atoms with Crippen LogP contribution in [-0.4, -0.2) is 5.11 Å². The summed E-state index contributed by atoms with van der Waals surface area (Å²) >= 11 is 0. The van der Waals surface area contributed by atoms with E-state index in [4.69, 9.17) is 16.6 Å². The van der Waals surface area contributed by atoms with Crippen molar-refractivity contribution in [3.8, 4) is 5.75 Å². The summed E-state index contributed by atoms with van der Waals surface area (Å²) < 4.78 is 0. The highest BCUT2D eigenvalue weighted by molar-refractivity contribution is 5.69. The van der Waals surface area contributed by atoms with Gasteiger partial charge in [-0.15, -0.1) is 0 Å². The summed E-state index contributed by atoms with van der Waals surface area (Å²) in [6.07, 6.45) is 0. The standard InChI is InChI=1S/C7H10N2O/c1-4-2-3-5(8)7(10)6(4)9/h2-3,10H,8-9H2,1H3. The van der Waals surface area contributed by atoms with Crippen molar-refractivity contribution in [1.82, 2.24) is 0 Å². The molecule has 0 atom stereocenters. The first-order valence-electron chi connectivity index (χ1n) is 2.96. The van der Waals surface area contributed by atoms with Crippen LogP contribution in [0.2, 0.25) is 0 Å². The molecule has 0 saturated carbocycles. The first-order chi connectivity index (χ1) is 4.63. The number of anilines is 2. The number of nitrogen functional groups attached to an aromatic ring is 2. The minimum Gasteiger partial charge on any atom is -0.504 e. The summed E-state index contributed by atoms with van der Waals surface area (Å²) in [4.78, 5) is 0. The van der Waals surface area contributed by atoms with E-state index in [0.717, 1.165) is 5.56 Å². The smallest absolute Gasteiger partial charge is 0.161 e. The van der Waals surface area contributed by atoms with E-state index in [9.17, 15) is 0 Å². The van der Waals surface area contributed by atoms with Gasteiger partial charge in [0.25, 0.3) is 0 Å². The quantitative estimate of drug-likeness (QED) is 0.368. The van der Waals surface area contributed by atoms with Crippen molar-refractivity contribution in [2.24, 2.45) is 0 Å². The number of aryl methyl sites for hydroxylation is 1. The highest BCUT2D eigenvalue weighted by atomic mass is 16.3. The molecule has 1 aromatic rings. The van der Waals surface area contributed by atoms with Gasteiger partial charge in [0.15, 0.2) is 5.75 Å². The zero-order valence-electron chi connectivity index (χ0n) is 5.76. The largest absolute Gasteiger partial charge is 0.504 e. The van der Waals surface area contributed by atoms with Crippen LogP contribution < -0.4 is 11.5 Å². The Kier molecular flexibility index (Phi) is 1.41. The molecule has 0 unspecified atom stereocenters. The lowest BCUT2D eigenvalue weighted by atomic mass is 10.1. The minimum absolute atomic E-state index is 0.0139. The van der Waals surface area contributed by atoms with Gasteiger partial charge in [-0.1, -0.05) is 6.07 Å². The number of nitrogens with two attached hydrogens (primary N) is 2. The molecule has 0 aromatic heterocycles. The Bertz CT molecular complexity index is 231. The Morgan fingerprint density at radius 2 is 1.90 bits per heavy atom. The molecule has 0 fully saturated rings. The lowest BCUT2D eigenvalue weighted by molar-refractivity contribution is 0.480. The predicted octanol–water partition coefficient (Wildman–Crippen LogP) is 0.865. The number of hydrogen-bond acceptors (Lipinski definition) is 3. The predicted molar refractivity (Wildman–Crippen MR) is 41.7 cm³/mol. The molecule has 3 nitrogen and oxygen atoms in total. The van der Waals surface area contributed by atoms with Crippen molar-refractivity contribution in [2.45, 2.75) is 6.92 Å². The Morgan fingerprint density at radius 1 is 1.30 bits per heavy atom. The summed E-state index contributed by atoms with van der Waals surface area (Å²) in [5, 5.41) is 9.14. The molecule has 54 valence electrons. The van der Waals surface area contributed by atoms with Gasteiger partial charge in [0, 0.05) is 0 Å². The Morgan fingerprint density at radius 3 is 2.40 bits per heavy atom. The summed E-state index contributed by atoms with van der Waals surface area (Å²) in [5.74, 6) is -0.0139. The molecule has 5 N–H and O–H groups in total. The molecule has 0 spiro atoms. The van der Waals surface area contributed by atoms with E-state index in [1.807, 2.05) is 6.92 Å². The molecule has 3 heteroatoms. The fourth-order valence-electron chi connectivity index (χ4n) is 0.726. The zero-order valence-corrected chi connectivity index (χ0v) is 5.76. The number of aromatic hydroxyl groups is 1. The van der Waals surface area contributed by atoms with E-state index in [0.29, 0.717) is 11.4 Å². The fourth-order valence-corrected chi connectivity index (χ4v) is 0.726. The Labute approximate surface area is 59.3 Å². The lowest BCUT2D eigenvalue weighted by Crippen LogP contribution is -1.93. The van der Waals surface area contributed by atoms with Gasteiger partial charge in [0.1, 0.15) is 0 Å². The van der Waals surface area contributed by atoms with E-state index in [1.165, 1.54) is 0 Å². The van der Waals surface area contributed by atoms with Gasteiger partial charge < -0.3 is 16.6 Å². The van der Waals surface area contributed by atoms with Gasteiger partial charge in [-0.25, -0.2) is 0 Å². The topological polar surface area (TPSA) is 72.3 Å². The maximum absolute atomic E-state index is 9.14. The van der Waals surface area contributed by atoms with Crippen LogP contribution in [0.15, 0.2) is 12.1 Å². The first-order valence-corrected chi connectivity index (χ1v) is 2.96. The van der Waals surface area contributed by atoms with Gasteiger partial charge in [-0.3, -0.25) is 0 Å². The van der Waals surface area contributed by atoms with Crippen LogP contribution in [0.4, 0.5) is 11.4 Å². The van der Waals surface area contributed by atoms with Crippen molar-refractivity contribution in [3.05, 3.63) is 17.7 Å². The van der Waals surface area contributed by atoms with Gasteiger partial charge in [-0.2, -0.15) is 0 Å². The maximum Gasteiger partial charge on any atom is 0.161 e. The van der Waals surface area contributed by atoms with Crippen LogP contribution >= 0.6 is 0 Å². The molecule has 0 radical (unpaired) electrons. The van der Waals surface area contributed by atoms with Gasteiger partial charge in [0.05, 0.1) is 11.4 Å². The van der Waals surface area contributed by atoms with Crippen LogP contribution in [0.1, 0.15) is 5.56 Å². The molecule has 0 aliphatic carbocycles. The normalized spacial score (nSPS) is 9.70. The number of hydrogen-bond donors (Lipinski definition) is 3. The summed E-state index contributed by atoms with van der Waals surface area (Å²) in [6.45, 7) is 1.81. The number of phenolic OH excluding ortho intramolecular Hbond substituents is 1. The monoisotopic (exact) mass is 138 g/mol. The van der Waals surface area contributed by atoms with Crippen molar-refractivity contribution in [1.29, 1.82) is 0 Å². The second-order valence-electron chi connectivity index (χ2n) is 2.23. The van der Waals surface area contributed by atoms with Crippen molar-refractivity contribution in [3.63, 3.8) is 0 Å². The average molecular weight is 138 g/mol. The molecule has 0 heterocycles. The van der Waals surface area contributed by atoms with E-state index in [-0.39, 0.29) is 5.75 Å². The third-order valence-corrected chi connectivity index (χ3v) is 1.47. The van der Waals surface area contributed by atoms with Crippen molar-refractivity contribution >= 4 is 11.4 Å². The zero-order chi connectivity index (χ0) is 7.72. The summed E-state index contributed by atoms with van der Waals surface area (Å²) in [6, 6.07) is 3.39. The number of rotatable bonds is 0. The van der Waals surface area contributed by atoms with Crippen molar-refractivity contribution in [2.75, 3.05) is 11.5 Å². The molecule has 0 aliphatic heterocycles. The van der Waals surface area contributed by atoms with E-state index in [2.05, 4.69) is 0 Å². The third kappa shape index (κ3) is 0.857. The van der Waals surface area contributed by atoms with Crippen LogP contribution in [0, 0.1) is 6.92 Å². The molecule has 1 rings (SSSR count). The van der Waals surface area contributed by atoms with Crippen LogP contribution in [-0.2, 0) is 0 Å². The second kappa shape index (κ2) is 2.10. The Balaban J connectivity index is 3.34. The van der Waals surface area contributed by atoms with E-state index in [1.54, 1.807) is 12.1 Å². The Hall–Kier alpha value is -1.38. The highest BCUT2D eigenvalue weighted by Gasteiger charge is 2.02. The molecular weight excluding hydrogens is 128 g/mol. The summed E-state index contributed by atoms with van der Waals surface area (Å²) in [7, 11) is 0. The van der Waals surface area contributed by atoms with Crippen molar-refractivity contribution < 1.29 is 5.11 Å². The van der Waals surface area contributed by atoms with E-state index < -0.39 is 0 Å². The minimum atomic E-state index is -0.0139. The van der Waals surface area contributed by atoms with Gasteiger partial charge in [0.2, 0.25) is 0 Å². The average Bonchev–Trinajstić information content (AvgIpc) is 1.93. The number of phenols is 1. The summed E-state index contributed by atoms with van der Waals surface area (Å²) in [5.41, 5.74) is 12.3. The van der Waals surface area contributed by atoms with Gasteiger partial charge in [-0.05, 0) is 18.6 Å². The van der Waals surface area contributed by atoms with Crippen LogP contribution in [0.5, 0.6) is 5.75 Å². The second-order valence-corrected chi connectivity index (χ2v) is 2.23. The fraction of sp³-hybridized carbons (Fsp3) is 0.143. The molecular formula is C7H10N2O. The number of benzene rings is 1. The molecule has 0 amide bonds. The first kappa shape index (κ1) is 6.74. The SMILES string of the molecule is Cc1ccc(N)c(O)c1N. The molecule has 1 aromatic carbocycles. The third-order valence-electron chi connectivity index (χ3n) is 1.47. The molecule has 0 bridgehead atoms.